The van der Waals surface area contributed by atoms with Gasteiger partial charge in [0, 0.05) is 68.9 Å². The number of hydrogen-bond donors (Lipinski definition) is 2. The Balaban J connectivity index is 0.868. The van der Waals surface area contributed by atoms with Gasteiger partial charge < -0.3 is 30.0 Å². The van der Waals surface area contributed by atoms with E-state index in [0.29, 0.717) is 18.7 Å². The van der Waals surface area contributed by atoms with Crippen molar-refractivity contribution in [3.8, 4) is 0 Å². The molecule has 59 heavy (non-hydrogen) atoms. The van der Waals surface area contributed by atoms with Gasteiger partial charge in [-0.25, -0.2) is 17.6 Å². The van der Waals surface area contributed by atoms with E-state index in [4.69, 9.17) is 0 Å². The third-order valence-corrected chi connectivity index (χ3v) is 16.6. The largest absolute Gasteiger partial charge is 0.465 e. The van der Waals surface area contributed by atoms with Crippen LogP contribution in [0.3, 0.4) is 0 Å². The van der Waals surface area contributed by atoms with Gasteiger partial charge in [-0.05, 0) is 144 Å². The zero-order valence-electron chi connectivity index (χ0n) is 34.2. The number of rotatable bonds is 14. The van der Waals surface area contributed by atoms with E-state index in [1.165, 1.54) is 25.3 Å². The molecule has 6 aliphatic rings. The molecule has 2 aromatic rings. The third-order valence-electron chi connectivity index (χ3n) is 14.5. The van der Waals surface area contributed by atoms with Crippen LogP contribution in [0.2, 0.25) is 0 Å². The zero-order chi connectivity index (χ0) is 41.1. The molecule has 2 N–H and O–H groups in total. The summed E-state index contributed by atoms with van der Waals surface area (Å²) in [6.45, 7) is 9.02. The van der Waals surface area contributed by atoms with Crippen molar-refractivity contribution in [2.75, 3.05) is 83.4 Å². The van der Waals surface area contributed by atoms with Gasteiger partial charge in [0.25, 0.3) is 0 Å². The van der Waals surface area contributed by atoms with Crippen molar-refractivity contribution < 1.29 is 32.3 Å². The summed E-state index contributed by atoms with van der Waals surface area (Å²) in [5.41, 5.74) is 1.28. The monoisotopic (exact) mass is 832 g/mol. The smallest absolute Gasteiger partial charge is 0.404 e. The first kappa shape index (κ1) is 41.9. The molecule has 8 rings (SSSR count). The summed E-state index contributed by atoms with van der Waals surface area (Å²) in [5, 5.41) is 12.0. The molecule has 5 saturated heterocycles. The van der Waals surface area contributed by atoms with Crippen molar-refractivity contribution in [1.29, 1.82) is 0 Å². The van der Waals surface area contributed by atoms with Crippen molar-refractivity contribution in [3.05, 3.63) is 72.1 Å². The average Bonchev–Trinajstić information content (AvgIpc) is 3.80. The SMILES string of the molecule is O=C(O)N[C@H]1CCC[C@@H]1C(CN1CCC1)(c1cccc(F)c1)C1CCN(CC2CC(=O)N(c3ccc(S(=O)(=O)C4CN(C(=O)/C=C/CN5CCCCC5)C4)cc3)C2)CC1. The lowest BCUT2D eigenvalue weighted by Crippen LogP contribution is -2.59. The fraction of sp³-hybridized carbons (Fsp3) is 0.622. The molecule has 2 unspecified atom stereocenters. The quantitative estimate of drug-likeness (QED) is 0.253. The predicted molar refractivity (Wildman–Crippen MR) is 224 cm³/mol. The number of sulfone groups is 1. The Morgan fingerprint density at radius 3 is 2.25 bits per heavy atom. The van der Waals surface area contributed by atoms with Gasteiger partial charge in [0.1, 0.15) is 11.1 Å². The first-order chi connectivity index (χ1) is 28.5. The number of likely N-dealkylation sites (tertiary alicyclic amines) is 4. The molecule has 1 saturated carbocycles. The first-order valence-electron chi connectivity index (χ1n) is 22.0. The van der Waals surface area contributed by atoms with E-state index < -0.39 is 26.6 Å². The molecule has 320 valence electrons. The van der Waals surface area contributed by atoms with Gasteiger partial charge in [-0.1, -0.05) is 31.1 Å². The molecule has 1 aliphatic carbocycles. The van der Waals surface area contributed by atoms with Gasteiger partial charge in [0.05, 0.1) is 4.90 Å². The molecule has 4 atom stereocenters. The summed E-state index contributed by atoms with van der Waals surface area (Å²) in [6.07, 6.45) is 12.1. The number of amides is 3. The summed E-state index contributed by atoms with van der Waals surface area (Å²) >= 11 is 0. The number of anilines is 1. The van der Waals surface area contributed by atoms with Gasteiger partial charge in [0.2, 0.25) is 11.8 Å². The summed E-state index contributed by atoms with van der Waals surface area (Å²) in [5.74, 6) is 0.0533. The zero-order valence-corrected chi connectivity index (χ0v) is 35.0. The Morgan fingerprint density at radius 1 is 0.847 bits per heavy atom. The Hall–Kier alpha value is -3.85. The van der Waals surface area contributed by atoms with E-state index in [0.717, 1.165) is 103 Å². The molecular weight excluding hydrogens is 772 g/mol. The minimum absolute atomic E-state index is 0.0276. The highest BCUT2D eigenvalue weighted by Crippen LogP contribution is 2.51. The Bertz CT molecular complexity index is 1960. The Morgan fingerprint density at radius 2 is 1.58 bits per heavy atom. The van der Waals surface area contributed by atoms with Gasteiger partial charge >= 0.3 is 6.09 Å². The van der Waals surface area contributed by atoms with Crippen molar-refractivity contribution in [2.45, 2.75) is 85.8 Å². The van der Waals surface area contributed by atoms with Crippen LogP contribution in [0.1, 0.15) is 69.8 Å². The van der Waals surface area contributed by atoms with Crippen LogP contribution in [0.5, 0.6) is 0 Å². The lowest BCUT2D eigenvalue weighted by atomic mass is 9.57. The van der Waals surface area contributed by atoms with Gasteiger partial charge in [-0.2, -0.15) is 0 Å². The van der Waals surface area contributed by atoms with Crippen LogP contribution < -0.4 is 10.2 Å². The van der Waals surface area contributed by atoms with Crippen LogP contribution in [-0.2, 0) is 24.8 Å². The van der Waals surface area contributed by atoms with Gasteiger partial charge in [0.15, 0.2) is 9.84 Å². The normalized spacial score (nSPS) is 26.5. The van der Waals surface area contributed by atoms with Crippen LogP contribution in [-0.4, -0.2) is 141 Å². The standard InChI is InChI=1S/C45H61FN6O6S/c46-36-9-4-8-35(27-36)45(32-50-22-7-23-50,40-10-5-11-41(40)47-44(55)56)34-17-24-49(25-18-34)28-33-26-43(54)52(29-33)37-13-15-38(16-14-37)59(57,58)39-30-51(31-39)42(53)12-6-21-48-19-2-1-3-20-48/h4,6,8-9,12-16,27,33-34,39-41,47H,1-3,5,7,10-11,17-26,28-32H2,(H,55,56)/b12-6+/t33?,40-,41-,45?/m0/s1. The van der Waals surface area contributed by atoms with Gasteiger partial charge in [-0.15, -0.1) is 0 Å². The van der Waals surface area contributed by atoms with E-state index in [2.05, 4.69) is 26.1 Å². The van der Waals surface area contributed by atoms with Crippen LogP contribution in [0.4, 0.5) is 14.9 Å². The molecule has 0 aromatic heterocycles. The maximum atomic E-state index is 15.0. The van der Waals surface area contributed by atoms with Crippen molar-refractivity contribution in [3.63, 3.8) is 0 Å². The van der Waals surface area contributed by atoms with Crippen LogP contribution in [0.15, 0.2) is 65.6 Å². The molecule has 0 bridgehead atoms. The molecule has 5 heterocycles. The Kier molecular flexibility index (Phi) is 12.8. The third kappa shape index (κ3) is 9.11. The molecule has 5 aliphatic heterocycles. The number of carbonyl (C=O) groups excluding carboxylic acids is 2. The molecule has 12 nitrogen and oxygen atoms in total. The molecule has 3 amide bonds. The number of benzene rings is 2. The van der Waals surface area contributed by atoms with E-state index in [-0.39, 0.29) is 59.4 Å². The summed E-state index contributed by atoms with van der Waals surface area (Å²) in [7, 11) is -3.63. The van der Waals surface area contributed by atoms with Crippen molar-refractivity contribution >= 4 is 33.4 Å². The fourth-order valence-electron chi connectivity index (χ4n) is 11.2. The minimum atomic E-state index is -3.63. The topological polar surface area (TPSA) is 134 Å². The number of halogens is 1. The maximum Gasteiger partial charge on any atom is 0.404 e. The van der Waals surface area contributed by atoms with E-state index >= 15 is 0 Å². The van der Waals surface area contributed by atoms with Crippen LogP contribution in [0.25, 0.3) is 0 Å². The molecule has 2 aromatic carbocycles. The molecule has 0 spiro atoms. The first-order valence-corrected chi connectivity index (χ1v) is 23.6. The van der Waals surface area contributed by atoms with E-state index in [1.54, 1.807) is 52.3 Å². The van der Waals surface area contributed by atoms with Crippen molar-refractivity contribution in [2.24, 2.45) is 17.8 Å². The summed E-state index contributed by atoms with van der Waals surface area (Å²) in [4.78, 5) is 48.8. The Labute approximate surface area is 348 Å². The van der Waals surface area contributed by atoms with Crippen LogP contribution in [0, 0.1) is 23.6 Å². The highest BCUT2D eigenvalue weighted by Gasteiger charge is 2.53. The number of carboxylic acid groups (broad SMARTS) is 1. The second-order valence-electron chi connectivity index (χ2n) is 18.1. The number of carbonyl (C=O) groups is 3. The molecule has 6 fully saturated rings. The predicted octanol–water partition coefficient (Wildman–Crippen LogP) is 5.00. The summed E-state index contributed by atoms with van der Waals surface area (Å²) < 4.78 is 41.9. The average molecular weight is 833 g/mol. The lowest BCUT2D eigenvalue weighted by molar-refractivity contribution is -0.129. The minimum Gasteiger partial charge on any atom is -0.465 e. The highest BCUT2D eigenvalue weighted by atomic mass is 32.2. The van der Waals surface area contributed by atoms with E-state index in [1.807, 2.05) is 6.08 Å². The maximum absolute atomic E-state index is 15.0. The molecule has 0 radical (unpaired) electrons. The molecular formula is C45H61FN6O6S. The van der Waals surface area contributed by atoms with E-state index in [9.17, 15) is 32.3 Å². The van der Waals surface area contributed by atoms with Crippen LogP contribution >= 0.6 is 0 Å². The summed E-state index contributed by atoms with van der Waals surface area (Å²) in [6, 6.07) is 13.5. The second-order valence-corrected chi connectivity index (χ2v) is 20.3. The fourth-order valence-corrected chi connectivity index (χ4v) is 12.9. The highest BCUT2D eigenvalue weighted by molar-refractivity contribution is 7.92. The second kappa shape index (κ2) is 18.0. The van der Waals surface area contributed by atoms with Gasteiger partial charge in [-0.3, -0.25) is 14.5 Å². The number of piperidine rings is 2. The number of nitrogens with one attached hydrogen (secondary N) is 1. The number of nitrogens with zero attached hydrogens (tertiary/aromatic N) is 5. The van der Waals surface area contributed by atoms with Crippen molar-refractivity contribution in [1.82, 2.24) is 24.9 Å². The number of hydrogen-bond acceptors (Lipinski definition) is 8. The molecule has 14 heteroatoms. The lowest BCUT2D eigenvalue weighted by Gasteiger charge is -2.53.